The van der Waals surface area contributed by atoms with Crippen LogP contribution in [-0.4, -0.2) is 32.1 Å². The Labute approximate surface area is 112 Å². The summed E-state index contributed by atoms with van der Waals surface area (Å²) in [5.41, 5.74) is -0.806. The average molecular weight is 291 g/mol. The van der Waals surface area contributed by atoms with Crippen molar-refractivity contribution in [1.29, 1.82) is 0 Å². The van der Waals surface area contributed by atoms with Crippen molar-refractivity contribution in [2.75, 3.05) is 20.3 Å². The Morgan fingerprint density at radius 1 is 1.20 bits per heavy atom. The van der Waals surface area contributed by atoms with Gasteiger partial charge in [0.2, 0.25) is 0 Å². The van der Waals surface area contributed by atoms with Gasteiger partial charge in [-0.25, -0.2) is 0 Å². The molecule has 0 aromatic heterocycles. The lowest BCUT2D eigenvalue weighted by Gasteiger charge is -2.09. The normalized spacial score (nSPS) is 10.8. The Morgan fingerprint density at radius 2 is 1.80 bits per heavy atom. The minimum absolute atomic E-state index is 0.117. The van der Waals surface area contributed by atoms with Crippen LogP contribution in [-0.2, 0) is 20.5 Å². The zero-order chi connectivity index (χ0) is 15.2. The third kappa shape index (κ3) is 5.17. The van der Waals surface area contributed by atoms with Crippen LogP contribution in [0.3, 0.4) is 0 Å². The molecule has 5 nitrogen and oxygen atoms in total. The number of rotatable bonds is 5. The average Bonchev–Trinajstić information content (AvgIpc) is 2.41. The molecule has 0 aliphatic carbocycles. The maximum atomic E-state index is 12.3. The standard InChI is InChI=1S/C12H12F3NO4/c1-19-11(18)6-16-10(17)7-20-9-4-2-8(3-5-9)12(13,14)15/h2-5H,6-7H2,1H3,(H,16,17). The number of benzene rings is 1. The van der Waals surface area contributed by atoms with Gasteiger partial charge in [-0.2, -0.15) is 13.2 Å². The summed E-state index contributed by atoms with van der Waals surface area (Å²) in [5, 5.41) is 2.22. The number of hydrogen-bond donors (Lipinski definition) is 1. The van der Waals surface area contributed by atoms with Crippen LogP contribution >= 0.6 is 0 Å². The van der Waals surface area contributed by atoms with Gasteiger partial charge in [0.1, 0.15) is 12.3 Å². The zero-order valence-electron chi connectivity index (χ0n) is 10.5. The third-order valence-electron chi connectivity index (χ3n) is 2.21. The van der Waals surface area contributed by atoms with Crippen molar-refractivity contribution in [2.24, 2.45) is 0 Å². The molecule has 110 valence electrons. The van der Waals surface area contributed by atoms with E-state index in [1.54, 1.807) is 0 Å². The van der Waals surface area contributed by atoms with Crippen LogP contribution < -0.4 is 10.1 Å². The molecule has 0 heterocycles. The molecule has 8 heteroatoms. The number of ether oxygens (including phenoxy) is 2. The van der Waals surface area contributed by atoms with Crippen LogP contribution in [0.5, 0.6) is 5.75 Å². The first-order valence-corrected chi connectivity index (χ1v) is 5.46. The van der Waals surface area contributed by atoms with Gasteiger partial charge in [-0.15, -0.1) is 0 Å². The highest BCUT2D eigenvalue weighted by atomic mass is 19.4. The molecular weight excluding hydrogens is 279 g/mol. The first-order valence-electron chi connectivity index (χ1n) is 5.46. The van der Waals surface area contributed by atoms with Gasteiger partial charge in [-0.3, -0.25) is 9.59 Å². The molecule has 20 heavy (non-hydrogen) atoms. The fourth-order valence-electron chi connectivity index (χ4n) is 1.18. The molecule has 1 rings (SSSR count). The summed E-state index contributed by atoms with van der Waals surface area (Å²) in [5.74, 6) is -1.09. The van der Waals surface area contributed by atoms with Crippen LogP contribution in [0.15, 0.2) is 24.3 Å². The molecule has 1 aromatic rings. The highest BCUT2D eigenvalue weighted by Gasteiger charge is 2.30. The summed E-state index contributed by atoms with van der Waals surface area (Å²) >= 11 is 0. The summed E-state index contributed by atoms with van der Waals surface area (Å²) in [4.78, 5) is 22.0. The lowest BCUT2D eigenvalue weighted by atomic mass is 10.2. The smallest absolute Gasteiger partial charge is 0.416 e. The van der Waals surface area contributed by atoms with Crippen LogP contribution in [0, 0.1) is 0 Å². The fourth-order valence-corrected chi connectivity index (χ4v) is 1.18. The number of esters is 1. The predicted molar refractivity (Wildman–Crippen MR) is 62.0 cm³/mol. The van der Waals surface area contributed by atoms with Crippen molar-refractivity contribution in [1.82, 2.24) is 5.32 Å². The zero-order valence-corrected chi connectivity index (χ0v) is 10.5. The van der Waals surface area contributed by atoms with Crippen molar-refractivity contribution in [3.63, 3.8) is 0 Å². The fraction of sp³-hybridized carbons (Fsp3) is 0.333. The van der Waals surface area contributed by atoms with Gasteiger partial charge in [0, 0.05) is 0 Å². The van der Waals surface area contributed by atoms with E-state index in [0.717, 1.165) is 24.3 Å². The first-order chi connectivity index (χ1) is 9.32. The lowest BCUT2D eigenvalue weighted by molar-refractivity contribution is -0.141. The van der Waals surface area contributed by atoms with Gasteiger partial charge in [-0.05, 0) is 24.3 Å². The number of hydrogen-bond acceptors (Lipinski definition) is 4. The van der Waals surface area contributed by atoms with Gasteiger partial charge in [0.25, 0.3) is 5.91 Å². The monoisotopic (exact) mass is 291 g/mol. The molecule has 0 spiro atoms. The molecule has 0 saturated carbocycles. The van der Waals surface area contributed by atoms with Crippen molar-refractivity contribution in [3.8, 4) is 5.75 Å². The van der Waals surface area contributed by atoms with Gasteiger partial charge < -0.3 is 14.8 Å². The number of amides is 1. The minimum atomic E-state index is -4.42. The second-order valence-corrected chi connectivity index (χ2v) is 3.66. The van der Waals surface area contributed by atoms with E-state index in [1.165, 1.54) is 7.11 Å². The van der Waals surface area contributed by atoms with E-state index in [1.807, 2.05) is 0 Å². The minimum Gasteiger partial charge on any atom is -0.484 e. The van der Waals surface area contributed by atoms with Crippen molar-refractivity contribution in [3.05, 3.63) is 29.8 Å². The SMILES string of the molecule is COC(=O)CNC(=O)COc1ccc(C(F)(F)F)cc1. The van der Waals surface area contributed by atoms with Crippen molar-refractivity contribution < 1.29 is 32.2 Å². The quantitative estimate of drug-likeness (QED) is 0.832. The largest absolute Gasteiger partial charge is 0.484 e. The number of methoxy groups -OCH3 is 1. The van der Waals surface area contributed by atoms with E-state index in [2.05, 4.69) is 10.1 Å². The van der Waals surface area contributed by atoms with E-state index in [4.69, 9.17) is 4.74 Å². The topological polar surface area (TPSA) is 64.6 Å². The van der Waals surface area contributed by atoms with Crippen molar-refractivity contribution in [2.45, 2.75) is 6.18 Å². The number of alkyl halides is 3. The van der Waals surface area contributed by atoms with E-state index in [0.29, 0.717) is 0 Å². The number of nitrogens with one attached hydrogen (secondary N) is 1. The Morgan fingerprint density at radius 3 is 2.30 bits per heavy atom. The van der Waals surface area contributed by atoms with Crippen LogP contribution in [0.1, 0.15) is 5.56 Å². The van der Waals surface area contributed by atoms with E-state index in [-0.39, 0.29) is 12.3 Å². The van der Waals surface area contributed by atoms with E-state index >= 15 is 0 Å². The molecule has 0 bridgehead atoms. The summed E-state index contributed by atoms with van der Waals surface area (Å²) in [6, 6.07) is 3.91. The van der Waals surface area contributed by atoms with Gasteiger partial charge >= 0.3 is 12.1 Å². The van der Waals surface area contributed by atoms with Gasteiger partial charge in [0.05, 0.1) is 12.7 Å². The van der Waals surface area contributed by atoms with E-state index < -0.39 is 30.2 Å². The lowest BCUT2D eigenvalue weighted by Crippen LogP contribution is -2.33. The second-order valence-electron chi connectivity index (χ2n) is 3.66. The first kappa shape index (κ1) is 15.8. The van der Waals surface area contributed by atoms with Crippen molar-refractivity contribution >= 4 is 11.9 Å². The molecule has 0 fully saturated rings. The number of carbonyl (C=O) groups is 2. The summed E-state index contributed by atoms with van der Waals surface area (Å²) in [6.45, 7) is -0.714. The Bertz CT molecular complexity index is 471. The summed E-state index contributed by atoms with van der Waals surface area (Å²) in [7, 11) is 1.17. The second kappa shape index (κ2) is 6.78. The highest BCUT2D eigenvalue weighted by Crippen LogP contribution is 2.30. The Kier molecular flexibility index (Phi) is 5.36. The molecule has 0 radical (unpaired) electrons. The Hall–Kier alpha value is -2.25. The maximum Gasteiger partial charge on any atom is 0.416 e. The molecule has 1 aromatic carbocycles. The molecule has 0 atom stereocenters. The van der Waals surface area contributed by atoms with E-state index in [9.17, 15) is 22.8 Å². The molecule has 0 aliphatic heterocycles. The molecule has 0 saturated heterocycles. The number of halogens is 3. The predicted octanol–water partition coefficient (Wildman–Crippen LogP) is 1.37. The molecule has 0 unspecified atom stereocenters. The molecule has 0 aliphatic rings. The summed E-state index contributed by atoms with van der Waals surface area (Å²) in [6.07, 6.45) is -4.42. The maximum absolute atomic E-state index is 12.3. The van der Waals surface area contributed by atoms with Gasteiger partial charge in [-0.1, -0.05) is 0 Å². The van der Waals surface area contributed by atoms with Gasteiger partial charge in [0.15, 0.2) is 6.61 Å². The third-order valence-corrected chi connectivity index (χ3v) is 2.21. The molecular formula is C12H12F3NO4. The molecule has 1 N–H and O–H groups in total. The number of carbonyl (C=O) groups excluding carboxylic acids is 2. The highest BCUT2D eigenvalue weighted by molar-refractivity contribution is 5.82. The molecule has 1 amide bonds. The van der Waals surface area contributed by atoms with Crippen LogP contribution in [0.25, 0.3) is 0 Å². The Balaban J connectivity index is 2.42. The van der Waals surface area contributed by atoms with Crippen LogP contribution in [0.4, 0.5) is 13.2 Å². The summed E-state index contributed by atoms with van der Waals surface area (Å²) < 4.78 is 46.2. The van der Waals surface area contributed by atoms with Crippen LogP contribution in [0.2, 0.25) is 0 Å².